The zero-order valence-corrected chi connectivity index (χ0v) is 24.6. The molecule has 7 heteroatoms. The van der Waals surface area contributed by atoms with E-state index < -0.39 is 0 Å². The Balaban J connectivity index is 1.30. The summed E-state index contributed by atoms with van der Waals surface area (Å²) in [7, 11) is 0. The van der Waals surface area contributed by atoms with Crippen LogP contribution in [0.4, 0.5) is 17.1 Å². The topological polar surface area (TPSA) is 60.2 Å². The summed E-state index contributed by atoms with van der Waals surface area (Å²) in [6.45, 7) is 9.92. The second kappa shape index (κ2) is 11.9. The molecular weight excluding hydrogens is 524 g/mol. The lowest BCUT2D eigenvalue weighted by Gasteiger charge is -2.44. The summed E-state index contributed by atoms with van der Waals surface area (Å²) in [5.74, 6) is 0.218. The van der Waals surface area contributed by atoms with E-state index >= 15 is 0 Å². The molecule has 2 atom stereocenters. The molecule has 1 saturated heterocycles. The molecule has 7 nitrogen and oxygen atoms in total. The molecular formula is C35H38N4O3. The molecule has 2 amide bonds. The number of hydrogen-bond donors (Lipinski definition) is 0. The molecule has 6 rings (SSSR count). The monoisotopic (exact) mass is 562 g/mol. The van der Waals surface area contributed by atoms with Crippen LogP contribution in [0.3, 0.4) is 0 Å². The Morgan fingerprint density at radius 1 is 0.857 bits per heavy atom. The van der Waals surface area contributed by atoms with Crippen molar-refractivity contribution in [1.82, 2.24) is 4.90 Å². The van der Waals surface area contributed by atoms with Crippen LogP contribution < -0.4 is 14.7 Å². The third kappa shape index (κ3) is 5.57. The fraction of sp³-hybridized carbons (Fsp3) is 0.314. The van der Waals surface area contributed by atoms with Crippen LogP contribution in [0.1, 0.15) is 46.6 Å². The van der Waals surface area contributed by atoms with Crippen molar-refractivity contribution >= 4 is 28.9 Å². The number of nitrogens with zero attached hydrogens (tertiary/aromatic N) is 4. The summed E-state index contributed by atoms with van der Waals surface area (Å²) < 4.78 is 5.48. The number of hydrogen-bond acceptors (Lipinski definition) is 5. The van der Waals surface area contributed by atoms with Gasteiger partial charge in [-0.1, -0.05) is 53.6 Å². The van der Waals surface area contributed by atoms with Crippen molar-refractivity contribution in [2.45, 2.75) is 39.3 Å². The first-order chi connectivity index (χ1) is 20.4. The minimum Gasteiger partial charge on any atom is -0.459 e. The first-order valence-electron chi connectivity index (χ1n) is 14.8. The smallest absolute Gasteiger partial charge is 0.294 e. The van der Waals surface area contributed by atoms with Gasteiger partial charge in [0.25, 0.3) is 5.91 Å². The maximum atomic E-state index is 14.3. The van der Waals surface area contributed by atoms with Gasteiger partial charge in [0, 0.05) is 49.3 Å². The number of para-hydroxylation sites is 1. The molecule has 3 aromatic carbocycles. The van der Waals surface area contributed by atoms with E-state index in [-0.39, 0.29) is 23.9 Å². The van der Waals surface area contributed by atoms with Crippen molar-refractivity contribution in [3.8, 4) is 0 Å². The minimum atomic E-state index is -0.212. The largest absolute Gasteiger partial charge is 0.459 e. The van der Waals surface area contributed by atoms with E-state index in [0.717, 1.165) is 54.2 Å². The first-order valence-corrected chi connectivity index (χ1v) is 14.8. The SMILES string of the molecule is Cc1ccc(N(C(=O)CN2CCN(c3ccccc3)CC2)[C@H]2C[C@@H](C)N(C(=O)c3ccco3)c3ccc(C)cc32)cc1. The van der Waals surface area contributed by atoms with Crippen LogP contribution in [-0.2, 0) is 4.79 Å². The Hall–Kier alpha value is -4.36. The predicted molar refractivity (Wildman–Crippen MR) is 167 cm³/mol. The molecule has 0 unspecified atom stereocenters. The first kappa shape index (κ1) is 27.8. The van der Waals surface area contributed by atoms with E-state index in [2.05, 4.69) is 73.0 Å². The molecule has 0 N–H and O–H groups in total. The quantitative estimate of drug-likeness (QED) is 0.279. The second-order valence-corrected chi connectivity index (χ2v) is 11.5. The number of piperazine rings is 1. The van der Waals surface area contributed by atoms with Crippen LogP contribution >= 0.6 is 0 Å². The van der Waals surface area contributed by atoms with Crippen LogP contribution in [-0.4, -0.2) is 55.5 Å². The van der Waals surface area contributed by atoms with Gasteiger partial charge in [-0.05, 0) is 75.2 Å². The standard InChI is InChI=1S/C35H38N4O3/c1-25-11-14-29(15-12-25)39(34(40)24-36-17-19-37(20-18-36)28-8-5-4-6-9-28)32-23-27(3)38(35(41)33-10-7-21-42-33)31-16-13-26(2)22-30(31)32/h4-16,21-22,27,32H,17-20,23-24H2,1-3H3/t27-,32+/m1/s1. The van der Waals surface area contributed by atoms with E-state index in [1.54, 1.807) is 12.1 Å². The Labute approximate surface area is 247 Å². The molecule has 2 aliphatic rings. The van der Waals surface area contributed by atoms with E-state index in [0.29, 0.717) is 18.7 Å². The van der Waals surface area contributed by atoms with Crippen LogP contribution in [0.2, 0.25) is 0 Å². The molecule has 1 fully saturated rings. The third-order valence-corrected chi connectivity index (χ3v) is 8.50. The third-order valence-electron chi connectivity index (χ3n) is 8.50. The van der Waals surface area contributed by atoms with E-state index in [1.165, 1.54) is 12.0 Å². The average molecular weight is 563 g/mol. The molecule has 3 heterocycles. The lowest BCUT2D eigenvalue weighted by Crippen LogP contribution is -2.52. The van der Waals surface area contributed by atoms with Crippen molar-refractivity contribution in [2.75, 3.05) is 47.4 Å². The lowest BCUT2D eigenvalue weighted by molar-refractivity contribution is -0.120. The number of aryl methyl sites for hydroxylation is 2. The fourth-order valence-electron chi connectivity index (χ4n) is 6.30. The molecule has 4 aromatic rings. The van der Waals surface area contributed by atoms with Crippen LogP contribution in [0.25, 0.3) is 0 Å². The zero-order chi connectivity index (χ0) is 29.2. The molecule has 0 bridgehead atoms. The van der Waals surface area contributed by atoms with Gasteiger partial charge in [-0.3, -0.25) is 14.5 Å². The normalized spacial score (nSPS) is 18.9. The number of anilines is 3. The zero-order valence-electron chi connectivity index (χ0n) is 24.6. The molecule has 0 radical (unpaired) electrons. The minimum absolute atomic E-state index is 0.0717. The summed E-state index contributed by atoms with van der Waals surface area (Å²) in [4.78, 5) is 36.3. The van der Waals surface area contributed by atoms with Gasteiger partial charge >= 0.3 is 0 Å². The van der Waals surface area contributed by atoms with Gasteiger partial charge in [0.2, 0.25) is 5.91 Å². The molecule has 1 aromatic heterocycles. The summed E-state index contributed by atoms with van der Waals surface area (Å²) in [6.07, 6.45) is 2.14. The molecule has 42 heavy (non-hydrogen) atoms. The summed E-state index contributed by atoms with van der Waals surface area (Å²) in [5.41, 5.74) is 6.15. The van der Waals surface area contributed by atoms with Gasteiger partial charge in [0.15, 0.2) is 5.76 Å². The van der Waals surface area contributed by atoms with Gasteiger partial charge in [0.1, 0.15) is 0 Å². The highest BCUT2D eigenvalue weighted by atomic mass is 16.3. The van der Waals surface area contributed by atoms with Crippen LogP contribution in [0.5, 0.6) is 0 Å². The van der Waals surface area contributed by atoms with E-state index in [4.69, 9.17) is 4.42 Å². The summed E-state index contributed by atoms with van der Waals surface area (Å²) in [6, 6.07) is 27.9. The molecule has 0 spiro atoms. The fourth-order valence-corrected chi connectivity index (χ4v) is 6.30. The number of benzene rings is 3. The number of carbonyl (C=O) groups excluding carboxylic acids is 2. The Morgan fingerprint density at radius 3 is 2.26 bits per heavy atom. The summed E-state index contributed by atoms with van der Waals surface area (Å²) >= 11 is 0. The van der Waals surface area contributed by atoms with E-state index in [1.807, 2.05) is 40.1 Å². The number of furan rings is 1. The molecule has 2 aliphatic heterocycles. The van der Waals surface area contributed by atoms with E-state index in [9.17, 15) is 9.59 Å². The second-order valence-electron chi connectivity index (χ2n) is 11.5. The highest BCUT2D eigenvalue weighted by molar-refractivity contribution is 6.06. The summed E-state index contributed by atoms with van der Waals surface area (Å²) in [5, 5.41) is 0. The Kier molecular flexibility index (Phi) is 7.85. The maximum absolute atomic E-state index is 14.3. The molecule has 216 valence electrons. The number of amides is 2. The number of fused-ring (bicyclic) bond motifs is 1. The van der Waals surface area contributed by atoms with Gasteiger partial charge in [-0.15, -0.1) is 0 Å². The van der Waals surface area contributed by atoms with Crippen molar-refractivity contribution in [3.05, 3.63) is 114 Å². The van der Waals surface area contributed by atoms with Crippen molar-refractivity contribution in [1.29, 1.82) is 0 Å². The van der Waals surface area contributed by atoms with Crippen molar-refractivity contribution < 1.29 is 14.0 Å². The highest BCUT2D eigenvalue weighted by Crippen LogP contribution is 2.43. The van der Waals surface area contributed by atoms with Gasteiger partial charge < -0.3 is 19.1 Å². The predicted octanol–water partition coefficient (Wildman–Crippen LogP) is 6.23. The Bertz CT molecular complexity index is 1530. The van der Waals surface area contributed by atoms with Gasteiger partial charge in [-0.2, -0.15) is 0 Å². The lowest BCUT2D eigenvalue weighted by atomic mass is 9.88. The number of rotatable bonds is 6. The van der Waals surface area contributed by atoms with Crippen molar-refractivity contribution in [3.63, 3.8) is 0 Å². The Morgan fingerprint density at radius 2 is 1.57 bits per heavy atom. The van der Waals surface area contributed by atoms with Crippen molar-refractivity contribution in [2.24, 2.45) is 0 Å². The highest BCUT2D eigenvalue weighted by Gasteiger charge is 2.40. The molecule has 0 aliphatic carbocycles. The maximum Gasteiger partial charge on any atom is 0.294 e. The number of carbonyl (C=O) groups is 2. The van der Waals surface area contributed by atoms with Gasteiger partial charge in [-0.25, -0.2) is 0 Å². The average Bonchev–Trinajstić information content (AvgIpc) is 3.55. The van der Waals surface area contributed by atoms with Gasteiger partial charge in [0.05, 0.1) is 18.8 Å². The van der Waals surface area contributed by atoms with Crippen LogP contribution in [0.15, 0.2) is 95.6 Å². The molecule has 0 saturated carbocycles. The van der Waals surface area contributed by atoms with Crippen LogP contribution in [0, 0.1) is 13.8 Å².